The van der Waals surface area contributed by atoms with E-state index in [2.05, 4.69) is 4.98 Å². The fraction of sp³-hybridized carbons (Fsp3) is 0.182. The molecule has 0 bridgehead atoms. The molecule has 15 heavy (non-hydrogen) atoms. The molecule has 0 amide bonds. The van der Waals surface area contributed by atoms with Crippen LogP contribution in [0.1, 0.15) is 0 Å². The van der Waals surface area contributed by atoms with Crippen LogP contribution in [0.5, 0.6) is 11.6 Å². The van der Waals surface area contributed by atoms with E-state index < -0.39 is 0 Å². The van der Waals surface area contributed by atoms with Crippen molar-refractivity contribution in [3.05, 3.63) is 30.3 Å². The summed E-state index contributed by atoms with van der Waals surface area (Å²) in [4.78, 5) is 4.32. The van der Waals surface area contributed by atoms with E-state index in [0.717, 1.165) is 10.9 Å². The minimum atomic E-state index is 0. The zero-order valence-corrected chi connectivity index (χ0v) is 9.38. The van der Waals surface area contributed by atoms with E-state index in [1.807, 2.05) is 30.3 Å². The number of halogens is 1. The van der Waals surface area contributed by atoms with Crippen LogP contribution in [0.4, 0.5) is 0 Å². The van der Waals surface area contributed by atoms with Crippen molar-refractivity contribution in [1.82, 2.24) is 4.98 Å². The minimum Gasteiger partial charge on any atom is -0.491 e. The molecule has 2 rings (SSSR count). The molecule has 0 spiro atoms. The molecule has 0 unspecified atom stereocenters. The number of hydrogen-bond acceptors (Lipinski definition) is 3. The van der Waals surface area contributed by atoms with Gasteiger partial charge in [-0.15, -0.1) is 12.4 Å². The van der Waals surface area contributed by atoms with Gasteiger partial charge in [0.05, 0.1) is 19.7 Å². The Morgan fingerprint density at radius 2 is 1.80 bits per heavy atom. The number of hydrogen-bond donors (Lipinski definition) is 0. The summed E-state index contributed by atoms with van der Waals surface area (Å²) >= 11 is 0. The van der Waals surface area contributed by atoms with E-state index in [1.54, 1.807) is 14.2 Å². The van der Waals surface area contributed by atoms with Gasteiger partial charge in [0.25, 0.3) is 5.88 Å². The van der Waals surface area contributed by atoms with Gasteiger partial charge in [0.1, 0.15) is 0 Å². The zero-order chi connectivity index (χ0) is 9.97. The molecule has 0 aliphatic heterocycles. The SMILES string of the molecule is COc1cc2ccccc2nc1OC.Cl. The highest BCUT2D eigenvalue weighted by molar-refractivity contribution is 5.85. The van der Waals surface area contributed by atoms with Crippen LogP contribution in [0.15, 0.2) is 30.3 Å². The Labute approximate surface area is 94.4 Å². The van der Waals surface area contributed by atoms with Crippen LogP contribution in [0, 0.1) is 0 Å². The van der Waals surface area contributed by atoms with E-state index in [1.165, 1.54) is 0 Å². The molecule has 0 radical (unpaired) electrons. The number of pyridine rings is 1. The van der Waals surface area contributed by atoms with E-state index in [9.17, 15) is 0 Å². The van der Waals surface area contributed by atoms with Crippen molar-refractivity contribution in [2.24, 2.45) is 0 Å². The summed E-state index contributed by atoms with van der Waals surface area (Å²) in [6.07, 6.45) is 0. The highest BCUT2D eigenvalue weighted by Gasteiger charge is 2.06. The molecule has 0 atom stereocenters. The average molecular weight is 226 g/mol. The monoisotopic (exact) mass is 225 g/mol. The predicted molar refractivity (Wildman–Crippen MR) is 62.1 cm³/mol. The maximum Gasteiger partial charge on any atom is 0.257 e. The fourth-order valence-electron chi connectivity index (χ4n) is 1.37. The summed E-state index contributed by atoms with van der Waals surface area (Å²) in [6.45, 7) is 0. The average Bonchev–Trinajstić information content (AvgIpc) is 2.27. The van der Waals surface area contributed by atoms with Crippen molar-refractivity contribution in [2.45, 2.75) is 0 Å². The lowest BCUT2D eigenvalue weighted by molar-refractivity contribution is 0.345. The van der Waals surface area contributed by atoms with Crippen molar-refractivity contribution in [1.29, 1.82) is 0 Å². The normalized spacial score (nSPS) is 9.47. The third kappa shape index (κ3) is 2.13. The van der Waals surface area contributed by atoms with Crippen LogP contribution in [-0.2, 0) is 0 Å². The Morgan fingerprint density at radius 3 is 2.47 bits per heavy atom. The lowest BCUT2D eigenvalue weighted by Gasteiger charge is -2.07. The van der Waals surface area contributed by atoms with Gasteiger partial charge < -0.3 is 9.47 Å². The molecular formula is C11H12ClNO2. The maximum absolute atomic E-state index is 5.16. The van der Waals surface area contributed by atoms with Gasteiger partial charge in [0.2, 0.25) is 0 Å². The Bertz CT molecular complexity index is 417. The predicted octanol–water partition coefficient (Wildman–Crippen LogP) is 2.67. The summed E-state index contributed by atoms with van der Waals surface area (Å²) in [5, 5.41) is 1.05. The Hall–Kier alpha value is -1.48. The van der Waals surface area contributed by atoms with Crippen molar-refractivity contribution in [3.8, 4) is 11.6 Å². The molecule has 3 nitrogen and oxygen atoms in total. The number of methoxy groups -OCH3 is 2. The minimum absolute atomic E-state index is 0. The largest absolute Gasteiger partial charge is 0.491 e. The van der Waals surface area contributed by atoms with E-state index in [-0.39, 0.29) is 12.4 Å². The third-order valence-corrected chi connectivity index (χ3v) is 2.07. The van der Waals surface area contributed by atoms with E-state index >= 15 is 0 Å². The molecule has 80 valence electrons. The van der Waals surface area contributed by atoms with Gasteiger partial charge in [-0.3, -0.25) is 0 Å². The first-order valence-electron chi connectivity index (χ1n) is 4.33. The smallest absolute Gasteiger partial charge is 0.257 e. The molecule has 0 aliphatic carbocycles. The second-order valence-corrected chi connectivity index (χ2v) is 2.89. The van der Waals surface area contributed by atoms with E-state index in [4.69, 9.17) is 9.47 Å². The lowest BCUT2D eigenvalue weighted by Crippen LogP contribution is -1.93. The van der Waals surface area contributed by atoms with Gasteiger partial charge >= 0.3 is 0 Å². The highest BCUT2D eigenvalue weighted by atomic mass is 35.5. The first kappa shape index (κ1) is 11.6. The number of benzene rings is 1. The number of para-hydroxylation sites is 1. The Kier molecular flexibility index (Phi) is 3.74. The van der Waals surface area contributed by atoms with Crippen molar-refractivity contribution >= 4 is 23.3 Å². The first-order valence-corrected chi connectivity index (χ1v) is 4.33. The molecule has 1 heterocycles. The van der Waals surface area contributed by atoms with Crippen molar-refractivity contribution < 1.29 is 9.47 Å². The van der Waals surface area contributed by atoms with Gasteiger partial charge in [0.15, 0.2) is 5.75 Å². The van der Waals surface area contributed by atoms with Gasteiger partial charge in [0, 0.05) is 5.39 Å². The number of aromatic nitrogens is 1. The topological polar surface area (TPSA) is 31.4 Å². The van der Waals surface area contributed by atoms with Crippen LogP contribution in [0.2, 0.25) is 0 Å². The lowest BCUT2D eigenvalue weighted by atomic mass is 10.2. The second-order valence-electron chi connectivity index (χ2n) is 2.89. The Balaban J connectivity index is 0.00000112. The standard InChI is InChI=1S/C11H11NO2.ClH/c1-13-10-7-8-5-3-4-6-9(8)12-11(10)14-2;/h3-7H,1-2H3;1H. The van der Waals surface area contributed by atoms with Gasteiger partial charge in [-0.1, -0.05) is 18.2 Å². The second kappa shape index (κ2) is 4.84. The summed E-state index contributed by atoms with van der Waals surface area (Å²) in [5.74, 6) is 1.18. The molecule has 4 heteroatoms. The number of nitrogens with zero attached hydrogens (tertiary/aromatic N) is 1. The van der Waals surface area contributed by atoms with Gasteiger partial charge in [-0.25, -0.2) is 4.98 Å². The molecule has 0 fully saturated rings. The zero-order valence-electron chi connectivity index (χ0n) is 8.56. The van der Waals surface area contributed by atoms with Gasteiger partial charge in [-0.2, -0.15) is 0 Å². The summed E-state index contributed by atoms with van der Waals surface area (Å²) in [5.41, 5.74) is 0.908. The highest BCUT2D eigenvalue weighted by Crippen LogP contribution is 2.28. The molecule has 1 aromatic carbocycles. The molecule has 0 aliphatic rings. The molecular weight excluding hydrogens is 214 g/mol. The summed E-state index contributed by atoms with van der Waals surface area (Å²) < 4.78 is 10.3. The summed E-state index contributed by atoms with van der Waals surface area (Å²) in [6, 6.07) is 9.76. The van der Waals surface area contributed by atoms with Crippen molar-refractivity contribution in [3.63, 3.8) is 0 Å². The van der Waals surface area contributed by atoms with Crippen LogP contribution >= 0.6 is 12.4 Å². The molecule has 2 aromatic rings. The third-order valence-electron chi connectivity index (χ3n) is 2.07. The van der Waals surface area contributed by atoms with E-state index in [0.29, 0.717) is 11.6 Å². The molecule has 0 saturated carbocycles. The van der Waals surface area contributed by atoms with Crippen molar-refractivity contribution in [2.75, 3.05) is 14.2 Å². The van der Waals surface area contributed by atoms with Crippen LogP contribution in [-0.4, -0.2) is 19.2 Å². The van der Waals surface area contributed by atoms with Gasteiger partial charge in [-0.05, 0) is 12.1 Å². The Morgan fingerprint density at radius 1 is 1.07 bits per heavy atom. The fourth-order valence-corrected chi connectivity index (χ4v) is 1.37. The van der Waals surface area contributed by atoms with Crippen LogP contribution in [0.25, 0.3) is 10.9 Å². The number of ether oxygens (including phenoxy) is 2. The maximum atomic E-state index is 5.16. The molecule has 0 saturated heterocycles. The van der Waals surface area contributed by atoms with Crippen LogP contribution < -0.4 is 9.47 Å². The number of rotatable bonds is 2. The summed E-state index contributed by atoms with van der Waals surface area (Å²) in [7, 11) is 3.19. The molecule has 1 aromatic heterocycles. The number of fused-ring (bicyclic) bond motifs is 1. The van der Waals surface area contributed by atoms with Crippen LogP contribution in [0.3, 0.4) is 0 Å². The first-order chi connectivity index (χ1) is 6.85. The quantitative estimate of drug-likeness (QED) is 0.788. The molecule has 0 N–H and O–H groups in total.